The van der Waals surface area contributed by atoms with Gasteiger partial charge in [0.05, 0.1) is 19.4 Å². The van der Waals surface area contributed by atoms with E-state index in [9.17, 15) is 0 Å². The number of halogens is 1. The average Bonchev–Trinajstić information content (AvgIpc) is 2.58. The first-order chi connectivity index (χ1) is 10.8. The highest BCUT2D eigenvalue weighted by molar-refractivity contribution is 9.10. The molecule has 1 aliphatic rings. The second-order valence-electron chi connectivity index (χ2n) is 4.78. The molecule has 0 spiro atoms. The third kappa shape index (κ3) is 4.02. The number of hydrogen-bond donors (Lipinski definition) is 1. The normalized spacial score (nSPS) is 15.2. The molecule has 2 heterocycles. The molecular weight excluding hydrogens is 346 g/mol. The summed E-state index contributed by atoms with van der Waals surface area (Å²) in [5.41, 5.74) is 3.95. The van der Waals surface area contributed by atoms with E-state index in [0.717, 1.165) is 42.2 Å². The molecule has 2 aromatic rings. The van der Waals surface area contributed by atoms with Crippen LogP contribution in [0.5, 0.6) is 0 Å². The summed E-state index contributed by atoms with van der Waals surface area (Å²) in [5.74, 6) is 1.56. The third-order valence-corrected chi connectivity index (χ3v) is 3.78. The van der Waals surface area contributed by atoms with Gasteiger partial charge in [-0.3, -0.25) is 5.43 Å². The number of rotatable bonds is 4. The van der Waals surface area contributed by atoms with Gasteiger partial charge >= 0.3 is 0 Å². The van der Waals surface area contributed by atoms with Crippen molar-refractivity contribution in [3.05, 3.63) is 46.7 Å². The third-order valence-electron chi connectivity index (χ3n) is 3.25. The molecule has 0 saturated carbocycles. The summed E-state index contributed by atoms with van der Waals surface area (Å²) in [6.07, 6.45) is 3.30. The van der Waals surface area contributed by atoms with Gasteiger partial charge in [-0.05, 0) is 17.7 Å². The van der Waals surface area contributed by atoms with Crippen molar-refractivity contribution in [2.24, 2.45) is 5.10 Å². The van der Waals surface area contributed by atoms with Gasteiger partial charge in [0.2, 0.25) is 0 Å². The zero-order valence-corrected chi connectivity index (χ0v) is 13.5. The van der Waals surface area contributed by atoms with E-state index < -0.39 is 0 Å². The van der Waals surface area contributed by atoms with Crippen LogP contribution in [0.15, 0.2) is 46.2 Å². The molecule has 22 heavy (non-hydrogen) atoms. The molecule has 3 rings (SSSR count). The van der Waals surface area contributed by atoms with Crippen molar-refractivity contribution in [1.82, 2.24) is 9.97 Å². The number of ether oxygens (including phenoxy) is 1. The molecule has 0 amide bonds. The molecule has 0 aliphatic carbocycles. The number of nitrogens with zero attached hydrogens (tertiary/aromatic N) is 4. The van der Waals surface area contributed by atoms with Crippen molar-refractivity contribution in [2.45, 2.75) is 0 Å². The van der Waals surface area contributed by atoms with E-state index in [-0.39, 0.29) is 0 Å². The van der Waals surface area contributed by atoms with Crippen LogP contribution in [-0.4, -0.2) is 42.5 Å². The number of aromatic nitrogens is 2. The van der Waals surface area contributed by atoms with Crippen LogP contribution >= 0.6 is 15.9 Å². The lowest BCUT2D eigenvalue weighted by atomic mass is 10.2. The van der Waals surface area contributed by atoms with E-state index in [0.29, 0.717) is 5.82 Å². The summed E-state index contributed by atoms with van der Waals surface area (Å²) < 4.78 is 6.39. The molecule has 7 heteroatoms. The second kappa shape index (κ2) is 7.33. The average molecular weight is 362 g/mol. The Labute approximate surface area is 137 Å². The van der Waals surface area contributed by atoms with Crippen LogP contribution in [0.3, 0.4) is 0 Å². The maximum absolute atomic E-state index is 5.35. The molecule has 0 bridgehead atoms. The summed E-state index contributed by atoms with van der Waals surface area (Å²) >= 11 is 3.41. The highest BCUT2D eigenvalue weighted by Gasteiger charge is 2.12. The van der Waals surface area contributed by atoms with Gasteiger partial charge in [-0.15, -0.1) is 0 Å². The standard InChI is InChI=1S/C15H16BrN5O/c16-13-3-1-12(2-4-13)10-19-20-14-9-15(18-11-17-14)21-5-7-22-8-6-21/h1-4,9-11H,5-8H2,(H,17,18,20)/b19-10-. The monoisotopic (exact) mass is 361 g/mol. The van der Waals surface area contributed by atoms with E-state index in [2.05, 4.69) is 41.3 Å². The fraction of sp³-hybridized carbons (Fsp3) is 0.267. The maximum Gasteiger partial charge on any atom is 0.151 e. The summed E-state index contributed by atoms with van der Waals surface area (Å²) in [6.45, 7) is 3.15. The first-order valence-corrected chi connectivity index (χ1v) is 7.80. The molecule has 0 radical (unpaired) electrons. The first-order valence-electron chi connectivity index (χ1n) is 7.01. The topological polar surface area (TPSA) is 62.6 Å². The van der Waals surface area contributed by atoms with Crippen LogP contribution in [-0.2, 0) is 4.74 Å². The molecule has 6 nitrogen and oxygen atoms in total. The minimum Gasteiger partial charge on any atom is -0.378 e. The minimum absolute atomic E-state index is 0.671. The largest absolute Gasteiger partial charge is 0.378 e. The van der Waals surface area contributed by atoms with Crippen LogP contribution in [0.25, 0.3) is 0 Å². The first kappa shape index (κ1) is 14.9. The Balaban J connectivity index is 1.63. The van der Waals surface area contributed by atoms with Crippen molar-refractivity contribution in [3.8, 4) is 0 Å². The smallest absolute Gasteiger partial charge is 0.151 e. The molecule has 1 fully saturated rings. The number of hydrogen-bond acceptors (Lipinski definition) is 6. The Morgan fingerprint density at radius 2 is 1.95 bits per heavy atom. The van der Waals surface area contributed by atoms with Crippen molar-refractivity contribution in [1.29, 1.82) is 0 Å². The number of benzene rings is 1. The molecule has 0 unspecified atom stereocenters. The molecule has 1 aromatic carbocycles. The quantitative estimate of drug-likeness (QED) is 0.669. The van der Waals surface area contributed by atoms with Crippen molar-refractivity contribution >= 4 is 33.8 Å². The number of hydrazone groups is 1. The maximum atomic E-state index is 5.35. The van der Waals surface area contributed by atoms with Gasteiger partial charge in [-0.1, -0.05) is 28.1 Å². The summed E-state index contributed by atoms with van der Waals surface area (Å²) in [7, 11) is 0. The lowest BCUT2D eigenvalue weighted by molar-refractivity contribution is 0.122. The lowest BCUT2D eigenvalue weighted by Crippen LogP contribution is -2.36. The zero-order chi connectivity index (χ0) is 15.2. The van der Waals surface area contributed by atoms with E-state index in [1.165, 1.54) is 0 Å². The van der Waals surface area contributed by atoms with Crippen molar-refractivity contribution in [2.75, 3.05) is 36.6 Å². The van der Waals surface area contributed by atoms with Gasteiger partial charge in [0, 0.05) is 23.6 Å². The van der Waals surface area contributed by atoms with Gasteiger partial charge in [0.1, 0.15) is 12.1 Å². The van der Waals surface area contributed by atoms with Gasteiger partial charge in [-0.2, -0.15) is 5.10 Å². The molecule has 114 valence electrons. The minimum atomic E-state index is 0.671. The number of nitrogens with one attached hydrogen (secondary N) is 1. The Kier molecular flexibility index (Phi) is 4.97. The highest BCUT2D eigenvalue weighted by Crippen LogP contribution is 2.15. The van der Waals surface area contributed by atoms with Crippen molar-refractivity contribution in [3.63, 3.8) is 0 Å². The fourth-order valence-electron chi connectivity index (χ4n) is 2.10. The zero-order valence-electron chi connectivity index (χ0n) is 11.9. The van der Waals surface area contributed by atoms with Crippen LogP contribution in [0.2, 0.25) is 0 Å². The van der Waals surface area contributed by atoms with Crippen molar-refractivity contribution < 1.29 is 4.74 Å². The van der Waals surface area contributed by atoms with E-state index >= 15 is 0 Å². The SMILES string of the molecule is Brc1ccc(/C=N\Nc2cc(N3CCOCC3)ncn2)cc1. The van der Waals surface area contributed by atoms with Crippen LogP contribution in [0, 0.1) is 0 Å². The highest BCUT2D eigenvalue weighted by atomic mass is 79.9. The summed E-state index contributed by atoms with van der Waals surface area (Å²) in [4.78, 5) is 10.7. The molecule has 1 aromatic heterocycles. The van der Waals surface area contributed by atoms with Gasteiger partial charge < -0.3 is 9.64 Å². The predicted octanol–water partition coefficient (Wildman–Crippen LogP) is 2.52. The van der Waals surface area contributed by atoms with Crippen LogP contribution < -0.4 is 10.3 Å². The van der Waals surface area contributed by atoms with Crippen LogP contribution in [0.1, 0.15) is 5.56 Å². The number of anilines is 2. The van der Waals surface area contributed by atoms with Crippen LogP contribution in [0.4, 0.5) is 11.6 Å². The number of morpholine rings is 1. The van der Waals surface area contributed by atoms with Gasteiger partial charge in [-0.25, -0.2) is 9.97 Å². The predicted molar refractivity (Wildman–Crippen MR) is 90.4 cm³/mol. The molecule has 0 atom stereocenters. The van der Waals surface area contributed by atoms with E-state index in [4.69, 9.17) is 4.74 Å². The Morgan fingerprint density at radius 1 is 1.18 bits per heavy atom. The summed E-state index contributed by atoms with van der Waals surface area (Å²) in [6, 6.07) is 9.80. The fourth-order valence-corrected chi connectivity index (χ4v) is 2.36. The van der Waals surface area contributed by atoms with E-state index in [1.807, 2.05) is 30.3 Å². The Morgan fingerprint density at radius 3 is 2.73 bits per heavy atom. The second-order valence-corrected chi connectivity index (χ2v) is 5.70. The Bertz CT molecular complexity index is 641. The van der Waals surface area contributed by atoms with Gasteiger partial charge in [0.25, 0.3) is 0 Å². The van der Waals surface area contributed by atoms with E-state index in [1.54, 1.807) is 12.5 Å². The molecular formula is C15H16BrN5O. The molecule has 1 saturated heterocycles. The lowest BCUT2D eigenvalue weighted by Gasteiger charge is -2.27. The Hall–Kier alpha value is -1.99. The molecule has 1 N–H and O–H groups in total. The van der Waals surface area contributed by atoms with Gasteiger partial charge in [0.15, 0.2) is 5.82 Å². The summed E-state index contributed by atoms with van der Waals surface area (Å²) in [5, 5.41) is 4.20. The molecule has 1 aliphatic heterocycles.